The highest BCUT2D eigenvalue weighted by Crippen LogP contribution is 2.31. The summed E-state index contributed by atoms with van der Waals surface area (Å²) in [5, 5.41) is 18.0. The van der Waals surface area contributed by atoms with E-state index in [1.165, 1.54) is 24.1 Å². The van der Waals surface area contributed by atoms with Crippen molar-refractivity contribution >= 4 is 10.9 Å². The lowest BCUT2D eigenvalue weighted by atomic mass is 9.76. The molecule has 4 rings (SSSR count). The summed E-state index contributed by atoms with van der Waals surface area (Å²) in [6.45, 7) is 4.33. The van der Waals surface area contributed by atoms with E-state index in [1.807, 2.05) is 12.1 Å². The van der Waals surface area contributed by atoms with Gasteiger partial charge >= 0.3 is 0 Å². The summed E-state index contributed by atoms with van der Waals surface area (Å²) in [7, 11) is 0. The van der Waals surface area contributed by atoms with Crippen LogP contribution in [0.15, 0.2) is 42.6 Å². The highest BCUT2D eigenvalue weighted by atomic mass is 19.1. The average molecular weight is 354 g/mol. The molecule has 0 amide bonds. The standard InChI is InChI=1S/C20H23FN4O/c1-20(9-2-10-23-12-20)13-3-5-14(6-4-13)25-11-16-17(21)8-7-15(19(22)26)18(16)24-25/h3-8,11,19,23,26H,2,9-10,12,22H2,1H3/t19?,20-/m1/s1. The van der Waals surface area contributed by atoms with Gasteiger partial charge in [0, 0.05) is 23.7 Å². The molecule has 2 heterocycles. The first-order valence-corrected chi connectivity index (χ1v) is 8.91. The molecule has 1 aliphatic rings. The van der Waals surface area contributed by atoms with Gasteiger partial charge in [0.05, 0.1) is 11.1 Å². The predicted molar refractivity (Wildman–Crippen MR) is 99.6 cm³/mol. The average Bonchev–Trinajstić information content (AvgIpc) is 3.09. The van der Waals surface area contributed by atoms with E-state index in [0.717, 1.165) is 25.2 Å². The molecule has 2 aromatic carbocycles. The largest absolute Gasteiger partial charge is 0.374 e. The minimum atomic E-state index is -1.19. The number of hydrogen-bond acceptors (Lipinski definition) is 4. The van der Waals surface area contributed by atoms with Gasteiger partial charge < -0.3 is 16.2 Å². The zero-order valence-electron chi connectivity index (χ0n) is 14.7. The fraction of sp³-hybridized carbons (Fsp3) is 0.350. The highest BCUT2D eigenvalue weighted by Gasteiger charge is 2.28. The molecule has 0 bridgehead atoms. The maximum atomic E-state index is 14.1. The maximum Gasteiger partial charge on any atom is 0.134 e. The molecule has 136 valence electrons. The van der Waals surface area contributed by atoms with E-state index >= 15 is 0 Å². The second kappa shape index (κ2) is 6.46. The summed E-state index contributed by atoms with van der Waals surface area (Å²) in [6.07, 6.45) is 2.78. The minimum absolute atomic E-state index is 0.133. The van der Waals surface area contributed by atoms with Crippen molar-refractivity contribution in [1.82, 2.24) is 15.1 Å². The molecule has 0 spiro atoms. The number of aromatic nitrogens is 2. The van der Waals surface area contributed by atoms with Gasteiger partial charge in [0.1, 0.15) is 17.6 Å². The van der Waals surface area contributed by atoms with E-state index in [2.05, 4.69) is 29.5 Å². The Bertz CT molecular complexity index is 927. The minimum Gasteiger partial charge on any atom is -0.374 e. The third-order valence-electron chi connectivity index (χ3n) is 5.40. The molecule has 3 aromatic rings. The Morgan fingerprint density at radius 3 is 2.69 bits per heavy atom. The third kappa shape index (κ3) is 2.90. The van der Waals surface area contributed by atoms with Crippen molar-refractivity contribution in [2.45, 2.75) is 31.4 Å². The molecular formula is C20H23FN4O. The van der Waals surface area contributed by atoms with Crippen LogP contribution < -0.4 is 11.1 Å². The Morgan fingerprint density at radius 2 is 2.04 bits per heavy atom. The summed E-state index contributed by atoms with van der Waals surface area (Å²) < 4.78 is 15.8. The fourth-order valence-corrected chi connectivity index (χ4v) is 3.78. The summed E-state index contributed by atoms with van der Waals surface area (Å²) in [6, 6.07) is 11.0. The highest BCUT2D eigenvalue weighted by molar-refractivity contribution is 5.83. The normalized spacial score (nSPS) is 21.8. The Labute approximate surface area is 151 Å². The fourth-order valence-electron chi connectivity index (χ4n) is 3.78. The smallest absolute Gasteiger partial charge is 0.134 e. The predicted octanol–water partition coefficient (Wildman–Crippen LogP) is 2.76. The van der Waals surface area contributed by atoms with Gasteiger partial charge in [-0.3, -0.25) is 0 Å². The van der Waals surface area contributed by atoms with Crippen LogP contribution in [0.25, 0.3) is 16.6 Å². The molecule has 1 aliphatic heterocycles. The Hall–Kier alpha value is -2.28. The first-order valence-electron chi connectivity index (χ1n) is 8.91. The van der Waals surface area contributed by atoms with Gasteiger partial charge in [-0.05, 0) is 49.2 Å². The van der Waals surface area contributed by atoms with Crippen LogP contribution in [-0.2, 0) is 5.41 Å². The van der Waals surface area contributed by atoms with Gasteiger partial charge in [0.25, 0.3) is 0 Å². The lowest BCUT2D eigenvalue weighted by molar-refractivity contribution is 0.187. The van der Waals surface area contributed by atoms with Gasteiger partial charge in [-0.15, -0.1) is 0 Å². The van der Waals surface area contributed by atoms with E-state index < -0.39 is 6.23 Å². The van der Waals surface area contributed by atoms with Crippen molar-refractivity contribution in [3.05, 3.63) is 59.5 Å². The molecule has 4 N–H and O–H groups in total. The van der Waals surface area contributed by atoms with E-state index in [-0.39, 0.29) is 11.2 Å². The number of nitrogens with one attached hydrogen (secondary N) is 1. The van der Waals surface area contributed by atoms with Gasteiger partial charge in [0.15, 0.2) is 0 Å². The maximum absolute atomic E-state index is 14.1. The number of aliphatic hydroxyl groups excluding tert-OH is 1. The van der Waals surface area contributed by atoms with Gasteiger partial charge in [0.2, 0.25) is 0 Å². The molecule has 2 atom stereocenters. The van der Waals surface area contributed by atoms with Crippen LogP contribution in [0.5, 0.6) is 0 Å². The van der Waals surface area contributed by atoms with Crippen molar-refractivity contribution < 1.29 is 9.50 Å². The molecular weight excluding hydrogens is 331 g/mol. The van der Waals surface area contributed by atoms with Crippen LogP contribution in [-0.4, -0.2) is 28.0 Å². The number of aliphatic hydroxyl groups is 1. The zero-order valence-corrected chi connectivity index (χ0v) is 14.7. The number of piperidine rings is 1. The molecule has 26 heavy (non-hydrogen) atoms. The summed E-state index contributed by atoms with van der Waals surface area (Å²) in [4.78, 5) is 0. The quantitative estimate of drug-likeness (QED) is 0.632. The second-order valence-electron chi connectivity index (χ2n) is 7.31. The molecule has 1 aromatic heterocycles. The summed E-state index contributed by atoms with van der Waals surface area (Å²) >= 11 is 0. The van der Waals surface area contributed by atoms with Crippen LogP contribution in [0.3, 0.4) is 0 Å². The number of halogens is 1. The number of benzene rings is 2. The van der Waals surface area contributed by atoms with Crippen molar-refractivity contribution in [2.24, 2.45) is 5.73 Å². The van der Waals surface area contributed by atoms with Gasteiger partial charge in [-0.25, -0.2) is 9.07 Å². The molecule has 0 aliphatic carbocycles. The van der Waals surface area contributed by atoms with E-state index in [0.29, 0.717) is 16.5 Å². The molecule has 6 heteroatoms. The topological polar surface area (TPSA) is 76.1 Å². The number of nitrogens with two attached hydrogens (primary N) is 1. The van der Waals surface area contributed by atoms with Crippen molar-refractivity contribution in [3.8, 4) is 5.69 Å². The number of hydrogen-bond donors (Lipinski definition) is 3. The number of rotatable bonds is 3. The van der Waals surface area contributed by atoms with Crippen LogP contribution in [0.2, 0.25) is 0 Å². The molecule has 1 saturated heterocycles. The third-order valence-corrected chi connectivity index (χ3v) is 5.40. The first kappa shape index (κ1) is 17.1. The van der Waals surface area contributed by atoms with Crippen molar-refractivity contribution in [1.29, 1.82) is 0 Å². The summed E-state index contributed by atoms with van der Waals surface area (Å²) in [5.41, 5.74) is 8.63. The van der Waals surface area contributed by atoms with E-state index in [1.54, 1.807) is 10.9 Å². The van der Waals surface area contributed by atoms with Crippen molar-refractivity contribution in [3.63, 3.8) is 0 Å². The van der Waals surface area contributed by atoms with Gasteiger partial charge in [-0.1, -0.05) is 19.1 Å². The van der Waals surface area contributed by atoms with E-state index in [4.69, 9.17) is 5.73 Å². The number of fused-ring (bicyclic) bond motifs is 1. The zero-order chi connectivity index (χ0) is 18.3. The number of nitrogens with zero attached hydrogens (tertiary/aromatic N) is 2. The summed E-state index contributed by atoms with van der Waals surface area (Å²) in [5.74, 6) is -0.381. The van der Waals surface area contributed by atoms with Crippen LogP contribution >= 0.6 is 0 Å². The molecule has 1 unspecified atom stereocenters. The van der Waals surface area contributed by atoms with E-state index in [9.17, 15) is 9.50 Å². The lowest BCUT2D eigenvalue weighted by Crippen LogP contribution is -2.41. The molecule has 5 nitrogen and oxygen atoms in total. The lowest BCUT2D eigenvalue weighted by Gasteiger charge is -2.34. The molecule has 0 radical (unpaired) electrons. The van der Waals surface area contributed by atoms with Gasteiger partial charge in [-0.2, -0.15) is 5.10 Å². The SMILES string of the molecule is C[C@@]1(c2ccc(-n3cc4c(F)ccc(C(N)O)c4n3)cc2)CCCNC1. The second-order valence-corrected chi connectivity index (χ2v) is 7.31. The first-order chi connectivity index (χ1) is 12.5. The van der Waals surface area contributed by atoms with Crippen LogP contribution in [0.4, 0.5) is 4.39 Å². The van der Waals surface area contributed by atoms with Crippen LogP contribution in [0.1, 0.15) is 37.1 Å². The molecule has 0 saturated carbocycles. The monoisotopic (exact) mass is 354 g/mol. The molecule has 1 fully saturated rings. The van der Waals surface area contributed by atoms with Crippen molar-refractivity contribution in [2.75, 3.05) is 13.1 Å². The Morgan fingerprint density at radius 1 is 1.27 bits per heavy atom. The Kier molecular flexibility index (Phi) is 4.26. The van der Waals surface area contributed by atoms with Crippen LogP contribution in [0, 0.1) is 5.82 Å². The Balaban J connectivity index is 1.72.